The molecule has 0 amide bonds. The Labute approximate surface area is 306 Å². The van der Waals surface area contributed by atoms with Crippen LogP contribution in [0.1, 0.15) is 39.2 Å². The number of hydrogen-bond donors (Lipinski definition) is 0. The molecule has 0 fully saturated rings. The SMILES string of the molecule is Cc1ccc2c3ccc(C(F)(F)F)cc3n(-c3cc(C#N)c(-c4cc(C)nc(C)c4)cc3-n3c4cc(C(F)(F)F)ccc4c4ccc(C(F)(F)F)cc43)c2c1. The third-order valence-electron chi connectivity index (χ3n) is 9.78. The Morgan fingerprint density at radius 1 is 0.491 bits per heavy atom. The van der Waals surface area contributed by atoms with Crippen LogP contribution in [0.15, 0.2) is 97.1 Å². The third kappa shape index (κ3) is 5.92. The molecule has 8 rings (SSSR count). The highest BCUT2D eigenvalue weighted by molar-refractivity contribution is 6.12. The van der Waals surface area contributed by atoms with Gasteiger partial charge in [0.25, 0.3) is 0 Å². The predicted octanol–water partition coefficient (Wildman–Crippen LogP) is 12.8. The summed E-state index contributed by atoms with van der Waals surface area (Å²) < 4.78 is 131. The zero-order valence-corrected chi connectivity index (χ0v) is 28.9. The fraction of sp³-hybridized carbons (Fsp3) is 0.143. The molecule has 0 bridgehead atoms. The molecular formula is C42H25F9N4. The number of benzene rings is 5. The van der Waals surface area contributed by atoms with Crippen molar-refractivity contribution in [3.63, 3.8) is 0 Å². The molecule has 8 aromatic rings. The van der Waals surface area contributed by atoms with Gasteiger partial charge >= 0.3 is 18.5 Å². The van der Waals surface area contributed by atoms with Crippen LogP contribution in [0.3, 0.4) is 0 Å². The number of alkyl halides is 9. The van der Waals surface area contributed by atoms with Gasteiger partial charge in [0.15, 0.2) is 0 Å². The second-order valence-electron chi connectivity index (χ2n) is 13.5. The summed E-state index contributed by atoms with van der Waals surface area (Å²) in [6.45, 7) is 5.22. The predicted molar refractivity (Wildman–Crippen MR) is 192 cm³/mol. The molecular weight excluding hydrogens is 731 g/mol. The normalized spacial score (nSPS) is 12.7. The zero-order chi connectivity index (χ0) is 39.4. The van der Waals surface area contributed by atoms with E-state index in [9.17, 15) is 44.8 Å². The maximum absolute atomic E-state index is 14.3. The Morgan fingerprint density at radius 3 is 1.27 bits per heavy atom. The van der Waals surface area contributed by atoms with Gasteiger partial charge in [-0.1, -0.05) is 30.3 Å². The van der Waals surface area contributed by atoms with Crippen molar-refractivity contribution in [2.24, 2.45) is 0 Å². The molecule has 3 heterocycles. The highest BCUT2D eigenvalue weighted by atomic mass is 19.4. The molecule has 0 saturated carbocycles. The van der Waals surface area contributed by atoms with Gasteiger partial charge < -0.3 is 9.13 Å². The van der Waals surface area contributed by atoms with Crippen LogP contribution in [0.5, 0.6) is 0 Å². The molecule has 0 aliphatic rings. The molecule has 0 aliphatic heterocycles. The molecule has 0 saturated heterocycles. The first-order chi connectivity index (χ1) is 25.8. The van der Waals surface area contributed by atoms with Crippen molar-refractivity contribution in [2.75, 3.05) is 0 Å². The Kier molecular flexibility index (Phi) is 7.87. The van der Waals surface area contributed by atoms with Crippen molar-refractivity contribution in [2.45, 2.75) is 39.3 Å². The summed E-state index contributed by atoms with van der Waals surface area (Å²) in [6.07, 6.45) is -14.4. The molecule has 276 valence electrons. The van der Waals surface area contributed by atoms with Crippen LogP contribution in [0.2, 0.25) is 0 Å². The van der Waals surface area contributed by atoms with Crippen LogP contribution >= 0.6 is 0 Å². The number of aromatic nitrogens is 3. The Balaban J connectivity index is 1.63. The minimum Gasteiger partial charge on any atom is -0.307 e. The Morgan fingerprint density at radius 2 is 0.873 bits per heavy atom. The van der Waals surface area contributed by atoms with Crippen molar-refractivity contribution < 1.29 is 39.5 Å². The number of rotatable bonds is 3. The molecule has 0 radical (unpaired) electrons. The maximum atomic E-state index is 14.3. The van der Waals surface area contributed by atoms with Crippen LogP contribution in [-0.2, 0) is 18.5 Å². The molecule has 5 aromatic carbocycles. The summed E-state index contributed by atoms with van der Waals surface area (Å²) >= 11 is 0. The standard InChI is InChI=1S/C42H25F9N4/c1-21-4-8-29-30-9-5-26(40(43,44)45)16-35(30)54(34(29)12-21)38-15-25(20-52)33(24-13-22(2)53-23(3)14-24)19-39(38)55-36-17-27(41(46,47)48)6-10-31(36)32-11-7-28(18-37(32)55)42(49,50)51/h4-19H,1-3H3. The highest BCUT2D eigenvalue weighted by Gasteiger charge is 2.35. The lowest BCUT2D eigenvalue weighted by Gasteiger charge is -2.20. The number of nitriles is 1. The largest absolute Gasteiger partial charge is 0.416 e. The first-order valence-corrected chi connectivity index (χ1v) is 16.7. The summed E-state index contributed by atoms with van der Waals surface area (Å²) in [5.74, 6) is 0. The summed E-state index contributed by atoms with van der Waals surface area (Å²) in [6, 6.07) is 22.6. The van der Waals surface area contributed by atoms with E-state index in [4.69, 9.17) is 0 Å². The molecule has 0 atom stereocenters. The fourth-order valence-electron chi connectivity index (χ4n) is 7.45. The van der Waals surface area contributed by atoms with Crippen LogP contribution in [-0.4, -0.2) is 14.1 Å². The molecule has 4 nitrogen and oxygen atoms in total. The van der Waals surface area contributed by atoms with E-state index in [-0.39, 0.29) is 49.8 Å². The highest BCUT2D eigenvalue weighted by Crippen LogP contribution is 2.44. The van der Waals surface area contributed by atoms with Crippen LogP contribution < -0.4 is 0 Å². The van der Waals surface area contributed by atoms with E-state index in [1.807, 2.05) is 0 Å². The molecule has 0 spiro atoms. The van der Waals surface area contributed by atoms with E-state index in [0.29, 0.717) is 33.2 Å². The van der Waals surface area contributed by atoms with Crippen LogP contribution in [0.4, 0.5) is 39.5 Å². The van der Waals surface area contributed by atoms with Crippen molar-refractivity contribution in [3.05, 3.63) is 136 Å². The minimum atomic E-state index is -4.84. The van der Waals surface area contributed by atoms with Crippen molar-refractivity contribution in [1.82, 2.24) is 14.1 Å². The van der Waals surface area contributed by atoms with Gasteiger partial charge in [0.05, 0.1) is 61.8 Å². The average Bonchev–Trinajstić information content (AvgIpc) is 3.60. The van der Waals surface area contributed by atoms with Gasteiger partial charge in [-0.3, -0.25) is 4.98 Å². The van der Waals surface area contributed by atoms with Gasteiger partial charge in [0.2, 0.25) is 0 Å². The van der Waals surface area contributed by atoms with E-state index < -0.39 is 35.2 Å². The smallest absolute Gasteiger partial charge is 0.307 e. The van der Waals surface area contributed by atoms with Crippen molar-refractivity contribution in [3.8, 4) is 28.6 Å². The first-order valence-electron chi connectivity index (χ1n) is 16.7. The lowest BCUT2D eigenvalue weighted by Crippen LogP contribution is -2.09. The monoisotopic (exact) mass is 756 g/mol. The number of fused-ring (bicyclic) bond motifs is 6. The lowest BCUT2D eigenvalue weighted by molar-refractivity contribution is -0.138. The van der Waals surface area contributed by atoms with Gasteiger partial charge in [-0.05, 0) is 98.6 Å². The fourth-order valence-corrected chi connectivity index (χ4v) is 7.45. The number of hydrogen-bond acceptors (Lipinski definition) is 2. The molecule has 0 N–H and O–H groups in total. The second kappa shape index (κ2) is 12.1. The number of nitrogens with zero attached hydrogens (tertiary/aromatic N) is 4. The first kappa shape index (κ1) is 35.7. The Hall–Kier alpha value is -6.29. The number of aryl methyl sites for hydroxylation is 3. The zero-order valence-electron chi connectivity index (χ0n) is 28.9. The quantitative estimate of drug-likeness (QED) is 0.169. The molecule has 13 heteroatoms. The van der Waals surface area contributed by atoms with Crippen molar-refractivity contribution >= 4 is 43.6 Å². The summed E-state index contributed by atoms with van der Waals surface area (Å²) in [4.78, 5) is 4.40. The second-order valence-corrected chi connectivity index (χ2v) is 13.5. The summed E-state index contributed by atoms with van der Waals surface area (Å²) in [7, 11) is 0. The lowest BCUT2D eigenvalue weighted by atomic mass is 9.97. The van der Waals surface area contributed by atoms with E-state index in [1.165, 1.54) is 39.5 Å². The Bertz CT molecular complexity index is 2840. The minimum absolute atomic E-state index is 0.0116. The number of pyridine rings is 1. The van der Waals surface area contributed by atoms with Crippen molar-refractivity contribution in [1.29, 1.82) is 5.26 Å². The van der Waals surface area contributed by atoms with Gasteiger partial charge in [-0.2, -0.15) is 44.8 Å². The van der Waals surface area contributed by atoms with E-state index >= 15 is 0 Å². The van der Waals surface area contributed by atoms with Gasteiger partial charge in [-0.15, -0.1) is 0 Å². The molecule has 0 aliphatic carbocycles. The van der Waals surface area contributed by atoms with E-state index in [0.717, 1.165) is 42.0 Å². The van der Waals surface area contributed by atoms with E-state index in [2.05, 4.69) is 11.1 Å². The average molecular weight is 757 g/mol. The third-order valence-corrected chi connectivity index (χ3v) is 9.78. The maximum Gasteiger partial charge on any atom is 0.416 e. The molecule has 0 unspecified atom stereocenters. The van der Waals surface area contributed by atoms with Crippen LogP contribution in [0, 0.1) is 32.1 Å². The molecule has 55 heavy (non-hydrogen) atoms. The van der Waals surface area contributed by atoms with Gasteiger partial charge in [0, 0.05) is 38.5 Å². The van der Waals surface area contributed by atoms with Crippen LogP contribution in [0.25, 0.3) is 66.1 Å². The molecule has 3 aromatic heterocycles. The number of halogens is 9. The van der Waals surface area contributed by atoms with Gasteiger partial charge in [-0.25, -0.2) is 0 Å². The summed E-state index contributed by atoms with van der Waals surface area (Å²) in [5.41, 5.74) is -0.178. The van der Waals surface area contributed by atoms with Gasteiger partial charge in [0.1, 0.15) is 0 Å². The van der Waals surface area contributed by atoms with E-state index in [1.54, 1.807) is 51.1 Å². The summed E-state index contributed by atoms with van der Waals surface area (Å²) in [5, 5.41) is 11.9. The topological polar surface area (TPSA) is 46.5 Å².